The van der Waals surface area contributed by atoms with Crippen LogP contribution in [0.15, 0.2) is 23.5 Å². The van der Waals surface area contributed by atoms with Gasteiger partial charge in [0.2, 0.25) is 5.91 Å². The molecule has 142 valence electrons. The van der Waals surface area contributed by atoms with Crippen molar-refractivity contribution in [2.75, 3.05) is 26.2 Å². The van der Waals surface area contributed by atoms with Crippen molar-refractivity contribution in [1.29, 1.82) is 0 Å². The SMILES string of the molecule is C=C(C)C(=O)N1CCN(C(=O)C2(C)CC3=C(CC(C)(C)CC3=O)O2)CC1. The molecule has 2 heterocycles. The van der Waals surface area contributed by atoms with E-state index in [0.29, 0.717) is 62.3 Å². The summed E-state index contributed by atoms with van der Waals surface area (Å²) in [7, 11) is 0. The minimum absolute atomic E-state index is 0.0645. The Hall–Kier alpha value is -2.11. The molecule has 0 radical (unpaired) electrons. The number of nitrogens with zero attached hydrogens (tertiary/aromatic N) is 2. The first-order chi connectivity index (χ1) is 12.0. The number of ether oxygens (including phenoxy) is 1. The zero-order chi connectivity index (χ0) is 19.3. The molecule has 1 saturated heterocycles. The molecule has 26 heavy (non-hydrogen) atoms. The van der Waals surface area contributed by atoms with Crippen molar-refractivity contribution in [3.05, 3.63) is 23.5 Å². The minimum atomic E-state index is -1.01. The van der Waals surface area contributed by atoms with Crippen LogP contribution in [-0.2, 0) is 19.1 Å². The molecule has 2 aliphatic heterocycles. The Bertz CT molecular complexity index is 713. The zero-order valence-corrected chi connectivity index (χ0v) is 16.2. The van der Waals surface area contributed by atoms with E-state index < -0.39 is 5.60 Å². The number of amides is 2. The predicted octanol–water partition coefficient (Wildman–Crippen LogP) is 2.06. The van der Waals surface area contributed by atoms with Gasteiger partial charge in [-0.2, -0.15) is 0 Å². The van der Waals surface area contributed by atoms with Gasteiger partial charge in [0.15, 0.2) is 11.4 Å². The number of allylic oxidation sites excluding steroid dienone is 1. The number of rotatable bonds is 2. The highest BCUT2D eigenvalue weighted by Gasteiger charge is 2.50. The lowest BCUT2D eigenvalue weighted by molar-refractivity contribution is -0.153. The summed E-state index contributed by atoms with van der Waals surface area (Å²) in [6.45, 7) is 13.2. The lowest BCUT2D eigenvalue weighted by Crippen LogP contribution is -2.56. The van der Waals surface area contributed by atoms with E-state index in [0.717, 1.165) is 0 Å². The molecule has 0 aromatic carbocycles. The van der Waals surface area contributed by atoms with Crippen LogP contribution in [0.25, 0.3) is 0 Å². The Labute approximate surface area is 154 Å². The third-order valence-corrected chi connectivity index (χ3v) is 5.49. The number of piperazine rings is 1. The van der Waals surface area contributed by atoms with Gasteiger partial charge in [-0.3, -0.25) is 14.4 Å². The molecule has 1 unspecified atom stereocenters. The zero-order valence-electron chi connectivity index (χ0n) is 16.2. The third kappa shape index (κ3) is 3.29. The average Bonchev–Trinajstić information content (AvgIpc) is 2.90. The highest BCUT2D eigenvalue weighted by atomic mass is 16.5. The van der Waals surface area contributed by atoms with Crippen molar-refractivity contribution in [2.45, 2.75) is 52.6 Å². The maximum absolute atomic E-state index is 13.1. The van der Waals surface area contributed by atoms with Gasteiger partial charge in [-0.1, -0.05) is 20.4 Å². The topological polar surface area (TPSA) is 66.9 Å². The molecular formula is C20H28N2O4. The fourth-order valence-corrected chi connectivity index (χ4v) is 4.08. The van der Waals surface area contributed by atoms with Crippen LogP contribution in [0.1, 0.15) is 47.0 Å². The highest BCUT2D eigenvalue weighted by molar-refractivity contribution is 6.00. The van der Waals surface area contributed by atoms with E-state index >= 15 is 0 Å². The normalized spacial score (nSPS) is 27.9. The Morgan fingerprint density at radius 2 is 1.58 bits per heavy atom. The summed E-state index contributed by atoms with van der Waals surface area (Å²) in [6, 6.07) is 0. The van der Waals surface area contributed by atoms with Gasteiger partial charge in [-0.15, -0.1) is 0 Å². The van der Waals surface area contributed by atoms with Crippen LogP contribution in [-0.4, -0.2) is 59.2 Å². The summed E-state index contributed by atoms with van der Waals surface area (Å²) in [4.78, 5) is 41.0. The van der Waals surface area contributed by atoms with E-state index in [1.165, 1.54) is 0 Å². The van der Waals surface area contributed by atoms with Crippen LogP contribution in [0.5, 0.6) is 0 Å². The van der Waals surface area contributed by atoms with Crippen LogP contribution in [0, 0.1) is 5.41 Å². The Kier molecular flexibility index (Phi) is 4.49. The Morgan fingerprint density at radius 1 is 1.00 bits per heavy atom. The second-order valence-electron chi connectivity index (χ2n) is 8.72. The van der Waals surface area contributed by atoms with Crippen LogP contribution >= 0.6 is 0 Å². The third-order valence-electron chi connectivity index (χ3n) is 5.49. The molecule has 6 nitrogen and oxygen atoms in total. The van der Waals surface area contributed by atoms with Gasteiger partial charge in [-0.05, 0) is 19.3 Å². The summed E-state index contributed by atoms with van der Waals surface area (Å²) < 4.78 is 6.06. The number of hydrogen-bond acceptors (Lipinski definition) is 4. The van der Waals surface area contributed by atoms with Crippen LogP contribution < -0.4 is 0 Å². The molecule has 0 aromatic heterocycles. The molecule has 0 saturated carbocycles. The smallest absolute Gasteiger partial charge is 0.266 e. The first-order valence-electron chi connectivity index (χ1n) is 9.21. The summed E-state index contributed by atoms with van der Waals surface area (Å²) in [5.74, 6) is 0.633. The van der Waals surface area contributed by atoms with Crippen LogP contribution in [0.2, 0.25) is 0 Å². The molecule has 3 aliphatic rings. The molecule has 0 spiro atoms. The summed E-state index contributed by atoms with van der Waals surface area (Å²) in [5.41, 5.74) is 0.0603. The van der Waals surface area contributed by atoms with Gasteiger partial charge in [0.25, 0.3) is 5.91 Å². The number of hydrogen-bond donors (Lipinski definition) is 0. The summed E-state index contributed by atoms with van der Waals surface area (Å²) >= 11 is 0. The summed E-state index contributed by atoms with van der Waals surface area (Å²) in [6.07, 6.45) is 1.54. The second-order valence-corrected chi connectivity index (χ2v) is 8.72. The van der Waals surface area contributed by atoms with E-state index in [1.54, 1.807) is 23.6 Å². The standard InChI is InChI=1S/C20H28N2O4/c1-13(2)17(24)21-6-8-22(9-7-21)18(25)20(5)10-14-15(23)11-19(3,4)12-16(14)26-20/h1,6-12H2,2-5H3. The fourth-order valence-electron chi connectivity index (χ4n) is 4.08. The number of carbonyl (C=O) groups excluding carboxylic acids is 3. The Balaban J connectivity index is 1.66. The lowest BCUT2D eigenvalue weighted by atomic mass is 9.76. The molecule has 0 bridgehead atoms. The molecule has 2 amide bonds. The van der Waals surface area contributed by atoms with Gasteiger partial charge in [0.1, 0.15) is 5.76 Å². The predicted molar refractivity (Wildman–Crippen MR) is 97.1 cm³/mol. The number of Topliss-reactive ketones (excluding diaryl/α,β-unsaturated/α-hetero) is 1. The second kappa shape index (κ2) is 6.25. The molecule has 6 heteroatoms. The van der Waals surface area contributed by atoms with Crippen molar-refractivity contribution >= 4 is 17.6 Å². The molecule has 1 atom stereocenters. The monoisotopic (exact) mass is 360 g/mol. The minimum Gasteiger partial charge on any atom is -0.481 e. The molecular weight excluding hydrogens is 332 g/mol. The maximum Gasteiger partial charge on any atom is 0.266 e. The molecule has 0 N–H and O–H groups in total. The van der Waals surface area contributed by atoms with Crippen molar-refractivity contribution in [1.82, 2.24) is 9.80 Å². The van der Waals surface area contributed by atoms with Gasteiger partial charge in [0, 0.05) is 56.6 Å². The quantitative estimate of drug-likeness (QED) is 0.707. The van der Waals surface area contributed by atoms with Crippen molar-refractivity contribution in [3.8, 4) is 0 Å². The highest BCUT2D eigenvalue weighted by Crippen LogP contribution is 2.46. The number of ketones is 1. The molecule has 1 fully saturated rings. The molecule has 3 rings (SSSR count). The van der Waals surface area contributed by atoms with Gasteiger partial charge < -0.3 is 14.5 Å². The van der Waals surface area contributed by atoms with Crippen molar-refractivity contribution < 1.29 is 19.1 Å². The molecule has 0 aromatic rings. The van der Waals surface area contributed by atoms with E-state index in [-0.39, 0.29) is 23.0 Å². The van der Waals surface area contributed by atoms with Crippen molar-refractivity contribution in [2.24, 2.45) is 5.41 Å². The molecule has 1 aliphatic carbocycles. The largest absolute Gasteiger partial charge is 0.481 e. The van der Waals surface area contributed by atoms with E-state index in [1.807, 2.05) is 13.8 Å². The van der Waals surface area contributed by atoms with Gasteiger partial charge >= 0.3 is 0 Å². The van der Waals surface area contributed by atoms with Gasteiger partial charge in [-0.25, -0.2) is 0 Å². The van der Waals surface area contributed by atoms with Crippen LogP contribution in [0.4, 0.5) is 0 Å². The van der Waals surface area contributed by atoms with E-state index in [4.69, 9.17) is 4.74 Å². The maximum atomic E-state index is 13.1. The van der Waals surface area contributed by atoms with E-state index in [2.05, 4.69) is 6.58 Å². The van der Waals surface area contributed by atoms with Gasteiger partial charge in [0.05, 0.1) is 0 Å². The lowest BCUT2D eigenvalue weighted by Gasteiger charge is -2.38. The number of carbonyl (C=O) groups is 3. The van der Waals surface area contributed by atoms with E-state index in [9.17, 15) is 14.4 Å². The van der Waals surface area contributed by atoms with Crippen LogP contribution in [0.3, 0.4) is 0 Å². The first-order valence-corrected chi connectivity index (χ1v) is 9.21. The summed E-state index contributed by atoms with van der Waals surface area (Å²) in [5, 5.41) is 0. The Morgan fingerprint density at radius 3 is 2.15 bits per heavy atom. The first kappa shape index (κ1) is 18.7. The fraction of sp³-hybridized carbons (Fsp3) is 0.650. The van der Waals surface area contributed by atoms with Crippen molar-refractivity contribution in [3.63, 3.8) is 0 Å². The average molecular weight is 360 g/mol.